The predicted octanol–water partition coefficient (Wildman–Crippen LogP) is 2.59. The Morgan fingerprint density at radius 2 is 1.55 bits per heavy atom. The molecule has 2 N–H and O–H groups in total. The van der Waals surface area contributed by atoms with Crippen LogP contribution in [0.2, 0.25) is 0 Å². The molecule has 7 nitrogen and oxygen atoms in total. The molecule has 4 unspecified atom stereocenters. The van der Waals surface area contributed by atoms with E-state index in [1.54, 1.807) is 24.4 Å². The Labute approximate surface area is 191 Å². The topological polar surface area (TPSA) is 99.6 Å². The highest BCUT2D eigenvalue weighted by Gasteiger charge is 2.68. The standard InChI is InChI=1S/C26H23N3O4/c30-23-20-21(24(31)29(23)16-18-11-5-2-6-12-18)26(25(32)33,15-17-9-3-1-4-10-17)28-22(20)19-13-7-8-14-27-19/h1-14,20-22,28H,15-16H2,(H,32,33). The number of aromatic nitrogens is 1. The maximum Gasteiger partial charge on any atom is 0.325 e. The highest BCUT2D eigenvalue weighted by molar-refractivity contribution is 6.09. The fourth-order valence-corrected chi connectivity index (χ4v) is 5.15. The van der Waals surface area contributed by atoms with Crippen LogP contribution in [0.15, 0.2) is 85.1 Å². The summed E-state index contributed by atoms with van der Waals surface area (Å²) in [5.41, 5.74) is 0.498. The molecule has 2 saturated heterocycles. The number of hydrogen-bond acceptors (Lipinski definition) is 5. The second-order valence-electron chi connectivity index (χ2n) is 8.57. The molecule has 2 aliphatic rings. The number of carbonyl (C=O) groups is 3. The molecule has 2 aliphatic heterocycles. The van der Waals surface area contributed by atoms with Crippen LogP contribution in [0.1, 0.15) is 22.9 Å². The molecule has 3 heterocycles. The maximum absolute atomic E-state index is 13.7. The molecule has 166 valence electrons. The van der Waals surface area contributed by atoms with Gasteiger partial charge in [-0.25, -0.2) is 0 Å². The summed E-state index contributed by atoms with van der Waals surface area (Å²) in [6.07, 6.45) is 1.68. The molecule has 2 amide bonds. The molecule has 0 bridgehead atoms. The average Bonchev–Trinajstić information content (AvgIpc) is 3.31. The van der Waals surface area contributed by atoms with E-state index in [2.05, 4.69) is 10.3 Å². The van der Waals surface area contributed by atoms with Gasteiger partial charge >= 0.3 is 5.97 Å². The van der Waals surface area contributed by atoms with Gasteiger partial charge in [-0.15, -0.1) is 0 Å². The summed E-state index contributed by atoms with van der Waals surface area (Å²) in [4.78, 5) is 45.7. The average molecular weight is 441 g/mol. The first-order valence-electron chi connectivity index (χ1n) is 10.9. The molecule has 0 aliphatic carbocycles. The first-order chi connectivity index (χ1) is 16.0. The molecule has 0 spiro atoms. The number of carboxylic acid groups (broad SMARTS) is 1. The minimum atomic E-state index is -1.63. The number of benzene rings is 2. The minimum absolute atomic E-state index is 0.0753. The first kappa shape index (κ1) is 21.0. The second kappa shape index (κ2) is 8.26. The molecular formula is C26H23N3O4. The van der Waals surface area contributed by atoms with E-state index in [-0.39, 0.29) is 18.9 Å². The van der Waals surface area contributed by atoms with Crippen molar-refractivity contribution in [1.29, 1.82) is 0 Å². The van der Waals surface area contributed by atoms with Gasteiger partial charge in [0.15, 0.2) is 0 Å². The molecule has 3 aromatic rings. The third-order valence-corrected chi connectivity index (χ3v) is 6.64. The van der Waals surface area contributed by atoms with Gasteiger partial charge in [0.2, 0.25) is 11.8 Å². The minimum Gasteiger partial charge on any atom is -0.480 e. The summed E-state index contributed by atoms with van der Waals surface area (Å²) in [5, 5.41) is 13.6. The summed E-state index contributed by atoms with van der Waals surface area (Å²) >= 11 is 0. The zero-order chi connectivity index (χ0) is 23.0. The Morgan fingerprint density at radius 1 is 0.909 bits per heavy atom. The molecule has 4 atom stereocenters. The number of nitrogens with one attached hydrogen (secondary N) is 1. The number of carbonyl (C=O) groups excluding carboxylic acids is 2. The van der Waals surface area contributed by atoms with E-state index in [4.69, 9.17) is 0 Å². The van der Waals surface area contributed by atoms with Gasteiger partial charge < -0.3 is 5.11 Å². The van der Waals surface area contributed by atoms with Crippen molar-refractivity contribution in [3.05, 3.63) is 102 Å². The van der Waals surface area contributed by atoms with Crippen LogP contribution in [0.25, 0.3) is 0 Å². The van der Waals surface area contributed by atoms with Gasteiger partial charge in [-0.05, 0) is 23.3 Å². The van der Waals surface area contributed by atoms with Gasteiger partial charge in [0.05, 0.1) is 30.1 Å². The lowest BCUT2D eigenvalue weighted by atomic mass is 9.76. The maximum atomic E-state index is 13.7. The van der Waals surface area contributed by atoms with Crippen molar-refractivity contribution in [2.75, 3.05) is 0 Å². The second-order valence-corrected chi connectivity index (χ2v) is 8.57. The van der Waals surface area contributed by atoms with E-state index >= 15 is 0 Å². The Kier molecular flexibility index (Phi) is 5.26. The normalized spacial score (nSPS) is 26.4. The Hall–Kier alpha value is -3.84. The SMILES string of the molecule is O=C1C2C(c3ccccn3)NC(Cc3ccccc3)(C(=O)O)C2C(=O)N1Cc1ccccc1. The van der Waals surface area contributed by atoms with Gasteiger partial charge in [-0.1, -0.05) is 66.7 Å². The fraction of sp³-hybridized carbons (Fsp3) is 0.231. The zero-order valence-electron chi connectivity index (χ0n) is 17.8. The molecule has 33 heavy (non-hydrogen) atoms. The number of pyridine rings is 1. The van der Waals surface area contributed by atoms with Gasteiger partial charge in [-0.2, -0.15) is 0 Å². The first-order valence-corrected chi connectivity index (χ1v) is 10.9. The van der Waals surface area contributed by atoms with Crippen molar-refractivity contribution >= 4 is 17.8 Å². The summed E-state index contributed by atoms with van der Waals surface area (Å²) in [7, 11) is 0. The highest BCUT2D eigenvalue weighted by atomic mass is 16.4. The van der Waals surface area contributed by atoms with Crippen molar-refractivity contribution in [3.8, 4) is 0 Å². The molecule has 0 saturated carbocycles. The molecular weight excluding hydrogens is 418 g/mol. The van der Waals surface area contributed by atoms with Crippen LogP contribution in [0.4, 0.5) is 0 Å². The third-order valence-electron chi connectivity index (χ3n) is 6.64. The molecule has 5 rings (SSSR count). The van der Waals surface area contributed by atoms with Crippen LogP contribution in [0.3, 0.4) is 0 Å². The van der Waals surface area contributed by atoms with E-state index in [1.807, 2.05) is 60.7 Å². The number of amides is 2. The molecule has 2 aromatic carbocycles. The zero-order valence-corrected chi connectivity index (χ0v) is 17.8. The van der Waals surface area contributed by atoms with Crippen molar-refractivity contribution in [3.63, 3.8) is 0 Å². The van der Waals surface area contributed by atoms with Crippen LogP contribution in [0.5, 0.6) is 0 Å². The van der Waals surface area contributed by atoms with Crippen LogP contribution in [-0.4, -0.2) is 38.3 Å². The van der Waals surface area contributed by atoms with Crippen molar-refractivity contribution in [2.24, 2.45) is 11.8 Å². The van der Waals surface area contributed by atoms with Crippen LogP contribution in [-0.2, 0) is 27.3 Å². The van der Waals surface area contributed by atoms with Gasteiger partial charge in [0, 0.05) is 12.6 Å². The molecule has 2 fully saturated rings. The van der Waals surface area contributed by atoms with E-state index in [0.717, 1.165) is 11.1 Å². The summed E-state index contributed by atoms with van der Waals surface area (Å²) < 4.78 is 0. The Morgan fingerprint density at radius 3 is 2.15 bits per heavy atom. The number of imide groups is 1. The number of aliphatic carboxylic acids is 1. The number of fused-ring (bicyclic) bond motifs is 1. The van der Waals surface area contributed by atoms with E-state index in [9.17, 15) is 19.5 Å². The van der Waals surface area contributed by atoms with Crippen LogP contribution < -0.4 is 5.32 Å². The van der Waals surface area contributed by atoms with E-state index < -0.39 is 35.3 Å². The van der Waals surface area contributed by atoms with Crippen molar-refractivity contribution in [1.82, 2.24) is 15.2 Å². The summed E-state index contributed by atoms with van der Waals surface area (Å²) in [5.74, 6) is -3.87. The largest absolute Gasteiger partial charge is 0.480 e. The van der Waals surface area contributed by atoms with Gasteiger partial charge in [0.1, 0.15) is 5.54 Å². The lowest BCUT2D eigenvalue weighted by molar-refractivity contribution is -0.151. The smallest absolute Gasteiger partial charge is 0.325 e. The predicted molar refractivity (Wildman–Crippen MR) is 120 cm³/mol. The molecule has 1 aromatic heterocycles. The summed E-state index contributed by atoms with van der Waals surface area (Å²) in [6, 6.07) is 23.0. The number of hydrogen-bond donors (Lipinski definition) is 2. The lowest BCUT2D eigenvalue weighted by Gasteiger charge is -2.31. The fourth-order valence-electron chi connectivity index (χ4n) is 5.15. The van der Waals surface area contributed by atoms with Crippen molar-refractivity contribution < 1.29 is 19.5 Å². The van der Waals surface area contributed by atoms with Gasteiger partial charge in [-0.3, -0.25) is 29.6 Å². The van der Waals surface area contributed by atoms with E-state index in [0.29, 0.717) is 5.69 Å². The Bertz CT molecular complexity index is 1190. The summed E-state index contributed by atoms with van der Waals surface area (Å²) in [6.45, 7) is 0.113. The van der Waals surface area contributed by atoms with Gasteiger partial charge in [0.25, 0.3) is 0 Å². The number of rotatable bonds is 6. The van der Waals surface area contributed by atoms with Crippen LogP contribution in [0, 0.1) is 11.8 Å². The quantitative estimate of drug-likeness (QED) is 0.571. The van der Waals surface area contributed by atoms with Crippen LogP contribution >= 0.6 is 0 Å². The number of likely N-dealkylation sites (tertiary alicyclic amines) is 1. The Balaban J connectivity index is 1.60. The van der Waals surface area contributed by atoms with E-state index in [1.165, 1.54) is 4.90 Å². The lowest BCUT2D eigenvalue weighted by Crippen LogP contribution is -2.57. The van der Waals surface area contributed by atoms with Crippen molar-refractivity contribution in [2.45, 2.75) is 24.5 Å². The molecule has 7 heteroatoms. The third kappa shape index (κ3) is 3.50. The number of nitrogens with zero attached hydrogens (tertiary/aromatic N) is 2. The monoisotopic (exact) mass is 441 g/mol. The highest BCUT2D eigenvalue weighted by Crippen LogP contribution is 2.50. The number of carboxylic acids is 1. The molecule has 0 radical (unpaired) electrons.